The van der Waals surface area contributed by atoms with Gasteiger partial charge in [0.25, 0.3) is 0 Å². The molecule has 2 saturated heterocycles. The number of benzene rings is 1. The summed E-state index contributed by atoms with van der Waals surface area (Å²) in [5.41, 5.74) is -2.43. The van der Waals surface area contributed by atoms with Gasteiger partial charge in [-0.2, -0.15) is 5.26 Å². The summed E-state index contributed by atoms with van der Waals surface area (Å²) in [5, 5.41) is 20.5. The van der Waals surface area contributed by atoms with E-state index in [4.69, 9.17) is 4.74 Å². The number of hydrogen-bond donors (Lipinski definition) is 1. The Kier molecular flexibility index (Phi) is 2.67. The molecular weight excluding hydrogens is 245 g/mol. The molecule has 2 aliphatic heterocycles. The summed E-state index contributed by atoms with van der Waals surface area (Å²) in [7, 11) is 0. The number of aliphatic hydroxyl groups is 1. The Morgan fingerprint density at radius 2 is 2.21 bits per heavy atom. The van der Waals surface area contributed by atoms with Gasteiger partial charge in [0.05, 0.1) is 18.3 Å². The lowest BCUT2D eigenvalue weighted by Gasteiger charge is -2.41. The molecule has 1 aromatic rings. The average Bonchev–Trinajstić information content (AvgIpc) is 2.99. The van der Waals surface area contributed by atoms with Crippen molar-refractivity contribution in [2.75, 3.05) is 0 Å². The molecule has 4 unspecified atom stereocenters. The first-order valence-corrected chi connectivity index (χ1v) is 6.55. The predicted octanol–water partition coefficient (Wildman–Crippen LogP) is 2.49. The molecule has 3 rings (SSSR count). The highest BCUT2D eigenvalue weighted by Crippen LogP contribution is 2.56. The number of hydrogen-bond acceptors (Lipinski definition) is 3. The zero-order valence-electron chi connectivity index (χ0n) is 10.8. The van der Waals surface area contributed by atoms with E-state index < -0.39 is 16.8 Å². The van der Waals surface area contributed by atoms with Crippen LogP contribution in [-0.2, 0) is 10.3 Å². The number of nitrogens with zero attached hydrogens (tertiary/aromatic N) is 1. The Hall–Kier alpha value is -1.44. The van der Waals surface area contributed by atoms with Crippen LogP contribution in [0.15, 0.2) is 24.3 Å². The highest BCUT2D eigenvalue weighted by molar-refractivity contribution is 5.32. The van der Waals surface area contributed by atoms with E-state index in [2.05, 4.69) is 6.07 Å². The minimum absolute atomic E-state index is 0.0166. The first-order chi connectivity index (χ1) is 9.01. The molecule has 0 spiro atoms. The van der Waals surface area contributed by atoms with E-state index in [1.165, 1.54) is 13.0 Å². The molecule has 0 saturated carbocycles. The average molecular weight is 261 g/mol. The molecule has 2 heterocycles. The summed E-state index contributed by atoms with van der Waals surface area (Å²) < 4.78 is 19.7. The van der Waals surface area contributed by atoms with Crippen molar-refractivity contribution in [2.24, 2.45) is 5.41 Å². The number of fused-ring (bicyclic) bond motifs is 2. The van der Waals surface area contributed by atoms with Gasteiger partial charge in [-0.25, -0.2) is 4.39 Å². The van der Waals surface area contributed by atoms with E-state index in [0.717, 1.165) is 12.8 Å². The second-order valence-corrected chi connectivity index (χ2v) is 5.66. The Bertz CT molecular complexity index is 551. The van der Waals surface area contributed by atoms with Gasteiger partial charge < -0.3 is 9.84 Å². The molecule has 1 aromatic carbocycles. The molecule has 3 nitrogen and oxygen atoms in total. The molecule has 0 aromatic heterocycles. The molecule has 4 heteroatoms. The molecule has 2 fully saturated rings. The molecule has 19 heavy (non-hydrogen) atoms. The van der Waals surface area contributed by atoms with Crippen LogP contribution >= 0.6 is 0 Å². The van der Waals surface area contributed by atoms with Gasteiger partial charge in [-0.3, -0.25) is 0 Å². The smallest absolute Gasteiger partial charge is 0.129 e. The molecule has 2 bridgehead atoms. The van der Waals surface area contributed by atoms with Crippen molar-refractivity contribution < 1.29 is 14.2 Å². The monoisotopic (exact) mass is 261 g/mol. The van der Waals surface area contributed by atoms with Gasteiger partial charge in [0.2, 0.25) is 0 Å². The number of rotatable bonds is 2. The van der Waals surface area contributed by atoms with Crippen LogP contribution < -0.4 is 0 Å². The van der Waals surface area contributed by atoms with E-state index >= 15 is 0 Å². The van der Waals surface area contributed by atoms with E-state index in [1.54, 1.807) is 18.2 Å². The second kappa shape index (κ2) is 4.03. The van der Waals surface area contributed by atoms with E-state index in [0.29, 0.717) is 6.42 Å². The third kappa shape index (κ3) is 1.55. The highest BCUT2D eigenvalue weighted by atomic mass is 19.1. The van der Waals surface area contributed by atoms with E-state index in [-0.39, 0.29) is 17.8 Å². The standard InChI is InChI=1S/C15H16FNO2/c1-14(18,11-4-2-3-5-12(11)16)15(9-17)8-10-6-7-13(15)19-10/h2-5,10,13,18H,6-8H2,1H3. The molecule has 4 atom stereocenters. The third-order valence-electron chi connectivity index (χ3n) is 4.67. The summed E-state index contributed by atoms with van der Waals surface area (Å²) in [6.07, 6.45) is 1.85. The van der Waals surface area contributed by atoms with Crippen molar-refractivity contribution in [3.63, 3.8) is 0 Å². The zero-order chi connectivity index (χ0) is 13.7. The normalized spacial score (nSPS) is 35.9. The first-order valence-electron chi connectivity index (χ1n) is 6.55. The fourth-order valence-corrected chi connectivity index (χ4v) is 3.54. The van der Waals surface area contributed by atoms with Crippen molar-refractivity contribution in [2.45, 2.75) is 44.0 Å². The van der Waals surface area contributed by atoms with E-state index in [9.17, 15) is 14.8 Å². The van der Waals surface area contributed by atoms with Crippen LogP contribution in [0.5, 0.6) is 0 Å². The third-order valence-corrected chi connectivity index (χ3v) is 4.67. The first kappa shape index (κ1) is 12.6. The van der Waals surface area contributed by atoms with Crippen molar-refractivity contribution in [3.8, 4) is 6.07 Å². The van der Waals surface area contributed by atoms with Crippen LogP contribution in [0.4, 0.5) is 4.39 Å². The van der Waals surface area contributed by atoms with Crippen LogP contribution in [0.3, 0.4) is 0 Å². The quantitative estimate of drug-likeness (QED) is 0.889. The largest absolute Gasteiger partial charge is 0.384 e. The van der Waals surface area contributed by atoms with Gasteiger partial charge in [-0.05, 0) is 32.3 Å². The molecule has 0 aliphatic carbocycles. The molecule has 1 N–H and O–H groups in total. The lowest BCUT2D eigenvalue weighted by Crippen LogP contribution is -2.49. The predicted molar refractivity (Wildman–Crippen MR) is 66.5 cm³/mol. The maximum atomic E-state index is 14.0. The van der Waals surface area contributed by atoms with Crippen LogP contribution in [0, 0.1) is 22.6 Å². The summed E-state index contributed by atoms with van der Waals surface area (Å²) in [5.74, 6) is -0.482. The van der Waals surface area contributed by atoms with Crippen LogP contribution in [0.2, 0.25) is 0 Å². The fraction of sp³-hybridized carbons (Fsp3) is 0.533. The lowest BCUT2D eigenvalue weighted by molar-refractivity contribution is -0.0794. The molecule has 0 amide bonds. The SMILES string of the molecule is CC(O)(c1ccccc1F)C1(C#N)CC2CCC1O2. The maximum Gasteiger partial charge on any atom is 0.129 e. The maximum absolute atomic E-state index is 14.0. The minimum Gasteiger partial charge on any atom is -0.384 e. The molecule has 0 radical (unpaired) electrons. The summed E-state index contributed by atoms with van der Waals surface area (Å²) in [6.45, 7) is 1.53. The molecule has 2 aliphatic rings. The number of nitriles is 1. The van der Waals surface area contributed by atoms with E-state index in [1.807, 2.05) is 0 Å². The van der Waals surface area contributed by atoms with Gasteiger partial charge in [-0.15, -0.1) is 0 Å². The van der Waals surface area contributed by atoms with Gasteiger partial charge in [0.15, 0.2) is 0 Å². The Morgan fingerprint density at radius 1 is 1.47 bits per heavy atom. The minimum atomic E-state index is -1.55. The van der Waals surface area contributed by atoms with Gasteiger partial charge in [0, 0.05) is 5.56 Å². The van der Waals surface area contributed by atoms with Crippen LogP contribution in [0.1, 0.15) is 31.7 Å². The highest BCUT2D eigenvalue weighted by Gasteiger charge is 2.63. The number of ether oxygens (including phenoxy) is 1. The van der Waals surface area contributed by atoms with Gasteiger partial charge in [0.1, 0.15) is 16.8 Å². The Balaban J connectivity index is 2.09. The topological polar surface area (TPSA) is 53.2 Å². The Morgan fingerprint density at radius 3 is 2.74 bits per heavy atom. The number of halogens is 1. The van der Waals surface area contributed by atoms with Crippen molar-refractivity contribution in [1.82, 2.24) is 0 Å². The van der Waals surface area contributed by atoms with Crippen molar-refractivity contribution >= 4 is 0 Å². The second-order valence-electron chi connectivity index (χ2n) is 5.66. The zero-order valence-corrected chi connectivity index (χ0v) is 10.8. The fourth-order valence-electron chi connectivity index (χ4n) is 3.54. The summed E-state index contributed by atoms with van der Waals surface area (Å²) in [4.78, 5) is 0. The van der Waals surface area contributed by atoms with Crippen LogP contribution in [0.25, 0.3) is 0 Å². The van der Waals surface area contributed by atoms with Crippen molar-refractivity contribution in [1.29, 1.82) is 5.26 Å². The van der Waals surface area contributed by atoms with Crippen LogP contribution in [-0.4, -0.2) is 17.3 Å². The van der Waals surface area contributed by atoms with Crippen molar-refractivity contribution in [3.05, 3.63) is 35.6 Å². The Labute approximate surface area is 111 Å². The molecular formula is C15H16FNO2. The van der Waals surface area contributed by atoms with Gasteiger partial charge >= 0.3 is 0 Å². The summed E-state index contributed by atoms with van der Waals surface area (Å²) >= 11 is 0. The molecule has 100 valence electrons. The van der Waals surface area contributed by atoms with Gasteiger partial charge in [-0.1, -0.05) is 18.2 Å². The summed E-state index contributed by atoms with van der Waals surface area (Å²) in [6, 6.07) is 8.33. The lowest BCUT2D eigenvalue weighted by atomic mass is 9.62.